The fourth-order valence-corrected chi connectivity index (χ4v) is 7.82. The van der Waals surface area contributed by atoms with Crippen LogP contribution in [0.4, 0.5) is 0 Å². The average Bonchev–Trinajstić information content (AvgIpc) is 2.87. The van der Waals surface area contributed by atoms with Crippen molar-refractivity contribution in [2.75, 3.05) is 6.61 Å². The van der Waals surface area contributed by atoms with Crippen LogP contribution in [-0.4, -0.2) is 50.1 Å². The smallest absolute Gasteiger partial charge is 0.161 e. The van der Waals surface area contributed by atoms with Gasteiger partial charge >= 0.3 is 0 Å². The van der Waals surface area contributed by atoms with Crippen LogP contribution in [0.2, 0.25) is 0 Å². The Morgan fingerprint density at radius 1 is 0.923 bits per heavy atom. The molecule has 4 N–H and O–H groups in total. The first-order chi connectivity index (χ1) is 12.1. The first-order valence-electron chi connectivity index (χ1n) is 10.4. The normalized spacial score (nSPS) is 56.4. The van der Waals surface area contributed by atoms with Crippen molar-refractivity contribution in [2.24, 2.45) is 28.6 Å². The molecular formula is C21H34O5. The maximum Gasteiger partial charge on any atom is 0.161 e. The molecule has 26 heavy (non-hydrogen) atoms. The molecule has 4 aliphatic carbocycles. The number of aliphatic hydroxyl groups excluding tert-OH is 2. The van der Waals surface area contributed by atoms with Crippen molar-refractivity contribution < 1.29 is 25.2 Å². The van der Waals surface area contributed by atoms with E-state index in [1.54, 1.807) is 0 Å². The van der Waals surface area contributed by atoms with Gasteiger partial charge in [-0.1, -0.05) is 13.8 Å². The van der Waals surface area contributed by atoms with Crippen molar-refractivity contribution in [3.05, 3.63) is 0 Å². The Morgan fingerprint density at radius 3 is 2.27 bits per heavy atom. The molecule has 4 saturated carbocycles. The SMILES string of the molecule is C[C@]12CC[C@H](O)C[C@@]1(O)CC[C@@H]1[C@@H]2CC[C@]2(C)[C@@H](C(=O)CO)CC[C@]12O. The van der Waals surface area contributed by atoms with Gasteiger partial charge in [0.1, 0.15) is 6.61 Å². The summed E-state index contributed by atoms with van der Waals surface area (Å²) < 4.78 is 0. The molecule has 5 heteroatoms. The first kappa shape index (κ1) is 18.9. The number of Topliss-reactive ketones (excluding diaryl/α,β-unsaturated/α-hetero) is 1. The van der Waals surface area contributed by atoms with Crippen LogP contribution in [0, 0.1) is 28.6 Å². The molecule has 0 saturated heterocycles. The minimum Gasteiger partial charge on any atom is -0.393 e. The van der Waals surface area contributed by atoms with Crippen molar-refractivity contribution in [1.29, 1.82) is 0 Å². The molecule has 4 fully saturated rings. The number of ketones is 1. The van der Waals surface area contributed by atoms with E-state index in [0.717, 1.165) is 25.7 Å². The number of carbonyl (C=O) groups excluding carboxylic acids is 1. The predicted octanol–water partition coefficient (Wildman–Crippen LogP) is 1.80. The largest absolute Gasteiger partial charge is 0.393 e. The second-order valence-electron chi connectivity index (χ2n) is 10.2. The van der Waals surface area contributed by atoms with E-state index in [-0.39, 0.29) is 29.0 Å². The van der Waals surface area contributed by atoms with Gasteiger partial charge in [-0.05, 0) is 68.6 Å². The molecule has 0 aliphatic heterocycles. The van der Waals surface area contributed by atoms with E-state index in [4.69, 9.17) is 0 Å². The van der Waals surface area contributed by atoms with Crippen LogP contribution in [0.1, 0.15) is 71.6 Å². The molecule has 0 heterocycles. The van der Waals surface area contributed by atoms with Crippen molar-refractivity contribution >= 4 is 5.78 Å². The molecule has 0 aromatic carbocycles. The van der Waals surface area contributed by atoms with Gasteiger partial charge in [-0.3, -0.25) is 4.79 Å². The highest BCUT2D eigenvalue weighted by atomic mass is 16.3. The molecule has 0 amide bonds. The zero-order valence-electron chi connectivity index (χ0n) is 16.1. The average molecular weight is 366 g/mol. The summed E-state index contributed by atoms with van der Waals surface area (Å²) >= 11 is 0. The number of hydrogen-bond acceptors (Lipinski definition) is 5. The molecule has 0 bridgehead atoms. The number of hydrogen-bond donors (Lipinski definition) is 4. The summed E-state index contributed by atoms with van der Waals surface area (Å²) in [6, 6.07) is 0. The zero-order valence-corrected chi connectivity index (χ0v) is 16.1. The fourth-order valence-electron chi connectivity index (χ4n) is 7.82. The molecule has 148 valence electrons. The number of fused-ring (bicyclic) bond motifs is 5. The Balaban J connectivity index is 1.69. The van der Waals surface area contributed by atoms with Crippen LogP contribution in [-0.2, 0) is 4.79 Å². The Labute approximate surface area is 155 Å². The monoisotopic (exact) mass is 366 g/mol. The quantitative estimate of drug-likeness (QED) is 0.597. The molecule has 8 atom stereocenters. The molecule has 0 unspecified atom stereocenters. The number of rotatable bonds is 2. The van der Waals surface area contributed by atoms with Crippen molar-refractivity contribution in [1.82, 2.24) is 0 Å². The summed E-state index contributed by atoms with van der Waals surface area (Å²) in [4.78, 5) is 12.3. The van der Waals surface area contributed by atoms with Gasteiger partial charge in [-0.2, -0.15) is 0 Å². The Morgan fingerprint density at radius 2 is 1.58 bits per heavy atom. The molecule has 4 aliphatic rings. The predicted molar refractivity (Wildman–Crippen MR) is 96.2 cm³/mol. The van der Waals surface area contributed by atoms with E-state index in [9.17, 15) is 25.2 Å². The lowest BCUT2D eigenvalue weighted by molar-refractivity contribution is -0.255. The molecule has 5 nitrogen and oxygen atoms in total. The van der Waals surface area contributed by atoms with E-state index >= 15 is 0 Å². The van der Waals surface area contributed by atoms with E-state index in [2.05, 4.69) is 6.92 Å². The Hall–Kier alpha value is -0.490. The third-order valence-corrected chi connectivity index (χ3v) is 9.51. The van der Waals surface area contributed by atoms with Crippen molar-refractivity contribution in [3.63, 3.8) is 0 Å². The zero-order chi connectivity index (χ0) is 19.0. The van der Waals surface area contributed by atoms with Gasteiger partial charge in [0.15, 0.2) is 5.78 Å². The molecule has 0 aromatic rings. The topological polar surface area (TPSA) is 98.0 Å². The molecule has 0 aromatic heterocycles. The van der Waals surface area contributed by atoms with Crippen LogP contribution in [0.3, 0.4) is 0 Å². The molecule has 0 spiro atoms. The standard InChI is InChI=1S/C21H34O5/c1-18-7-3-13(23)11-20(18,25)9-5-15-14(18)4-8-19(2)16(17(24)12-22)6-10-21(15,19)26/h13-16,22-23,25-26H,3-12H2,1-2H3/t13-,14-,15+,16+,18+,19+,20-,21-/m0/s1. The highest BCUT2D eigenvalue weighted by Crippen LogP contribution is 2.69. The highest BCUT2D eigenvalue weighted by molar-refractivity contribution is 5.83. The van der Waals surface area contributed by atoms with Crippen molar-refractivity contribution in [2.45, 2.75) is 88.9 Å². The van der Waals surface area contributed by atoms with Crippen LogP contribution in [0.15, 0.2) is 0 Å². The van der Waals surface area contributed by atoms with Crippen LogP contribution in [0.25, 0.3) is 0 Å². The van der Waals surface area contributed by atoms with E-state index in [0.29, 0.717) is 32.1 Å². The Bertz CT molecular complexity index is 607. The van der Waals surface area contributed by atoms with Crippen molar-refractivity contribution in [3.8, 4) is 0 Å². The number of aliphatic hydroxyl groups is 4. The van der Waals surface area contributed by atoms with Gasteiger partial charge in [0.05, 0.1) is 17.3 Å². The lowest BCUT2D eigenvalue weighted by Crippen LogP contribution is -2.67. The summed E-state index contributed by atoms with van der Waals surface area (Å²) in [5, 5.41) is 42.8. The summed E-state index contributed by atoms with van der Waals surface area (Å²) in [6.07, 6.45) is 5.78. The summed E-state index contributed by atoms with van der Waals surface area (Å²) in [6.45, 7) is 3.76. The Kier molecular flexibility index (Phi) is 4.17. The molecular weight excluding hydrogens is 332 g/mol. The van der Waals surface area contributed by atoms with Crippen LogP contribution in [0.5, 0.6) is 0 Å². The second kappa shape index (κ2) is 5.76. The molecule has 0 radical (unpaired) electrons. The summed E-state index contributed by atoms with van der Waals surface area (Å²) in [7, 11) is 0. The summed E-state index contributed by atoms with van der Waals surface area (Å²) in [5.74, 6) is -0.102. The minimum absolute atomic E-state index is 0.0817. The first-order valence-corrected chi connectivity index (χ1v) is 10.4. The van der Waals surface area contributed by atoms with Crippen LogP contribution >= 0.6 is 0 Å². The second-order valence-corrected chi connectivity index (χ2v) is 10.2. The maximum absolute atomic E-state index is 12.3. The van der Waals surface area contributed by atoms with E-state index < -0.39 is 29.3 Å². The number of carbonyl (C=O) groups is 1. The van der Waals surface area contributed by atoms with E-state index in [1.165, 1.54) is 0 Å². The highest BCUT2D eigenvalue weighted by Gasteiger charge is 2.70. The molecule has 4 rings (SSSR count). The lowest BCUT2D eigenvalue weighted by atomic mass is 9.42. The minimum atomic E-state index is -0.897. The third kappa shape index (κ3) is 2.15. The van der Waals surface area contributed by atoms with Crippen LogP contribution < -0.4 is 0 Å². The summed E-state index contributed by atoms with van der Waals surface area (Å²) in [5.41, 5.74) is -2.51. The van der Waals surface area contributed by atoms with E-state index in [1.807, 2.05) is 6.92 Å². The fraction of sp³-hybridized carbons (Fsp3) is 0.952. The maximum atomic E-state index is 12.3. The lowest BCUT2D eigenvalue weighted by Gasteiger charge is -2.65. The van der Waals surface area contributed by atoms with Gasteiger partial charge < -0.3 is 20.4 Å². The van der Waals surface area contributed by atoms with Gasteiger partial charge in [0.2, 0.25) is 0 Å². The van der Waals surface area contributed by atoms with Gasteiger partial charge in [0.25, 0.3) is 0 Å². The third-order valence-electron chi connectivity index (χ3n) is 9.51. The van der Waals surface area contributed by atoms with Gasteiger partial charge in [-0.25, -0.2) is 0 Å². The van der Waals surface area contributed by atoms with Gasteiger partial charge in [0, 0.05) is 17.8 Å². The van der Waals surface area contributed by atoms with Gasteiger partial charge in [-0.15, -0.1) is 0 Å².